The minimum Gasteiger partial charge on any atom is -0.0599 e. The van der Waals surface area contributed by atoms with Crippen LogP contribution in [0.1, 0.15) is 46.5 Å². The van der Waals surface area contributed by atoms with Crippen LogP contribution in [0.3, 0.4) is 0 Å². The number of rotatable bonds is 1. The maximum atomic E-state index is 2.53. The highest BCUT2D eigenvalue weighted by Gasteiger charge is 2.21. The maximum absolute atomic E-state index is 2.53. The van der Waals surface area contributed by atoms with E-state index < -0.39 is 0 Å². The van der Waals surface area contributed by atoms with Crippen LogP contribution in [0.15, 0.2) is 0 Å². The highest BCUT2D eigenvalue weighted by Crippen LogP contribution is 2.33. The lowest BCUT2D eigenvalue weighted by Gasteiger charge is -2.21. The fourth-order valence-corrected chi connectivity index (χ4v) is 1.83. The van der Waals surface area contributed by atoms with E-state index in [4.69, 9.17) is 0 Å². The molecule has 1 rings (SSSR count). The molecule has 0 saturated heterocycles. The second kappa shape index (κ2) is 2.94. The molecule has 1 aliphatic carbocycles. The van der Waals surface area contributed by atoms with E-state index in [0.717, 1.165) is 5.92 Å². The van der Waals surface area contributed by atoms with E-state index in [0.29, 0.717) is 5.41 Å². The summed E-state index contributed by atoms with van der Waals surface area (Å²) >= 11 is 0. The van der Waals surface area contributed by atoms with Crippen LogP contribution >= 0.6 is 0 Å². The molecule has 0 heterocycles. The van der Waals surface area contributed by atoms with Gasteiger partial charge in [0.1, 0.15) is 0 Å². The molecule has 0 amide bonds. The van der Waals surface area contributed by atoms with Crippen LogP contribution in [0.2, 0.25) is 0 Å². The molecule has 0 aromatic rings. The van der Waals surface area contributed by atoms with Crippen molar-refractivity contribution >= 4 is 0 Å². The lowest BCUT2D eigenvalue weighted by Crippen LogP contribution is -2.11. The van der Waals surface area contributed by atoms with Gasteiger partial charge < -0.3 is 0 Å². The monoisotopic (exact) mass is 139 g/mol. The van der Waals surface area contributed by atoms with Crippen LogP contribution in [0.5, 0.6) is 0 Å². The van der Waals surface area contributed by atoms with Crippen molar-refractivity contribution in [3.05, 3.63) is 6.42 Å². The highest BCUT2D eigenvalue weighted by molar-refractivity contribution is 4.89. The van der Waals surface area contributed by atoms with Gasteiger partial charge in [-0.3, -0.25) is 0 Å². The average molecular weight is 139 g/mol. The Morgan fingerprint density at radius 2 is 1.60 bits per heavy atom. The van der Waals surface area contributed by atoms with Crippen LogP contribution in [0.25, 0.3) is 0 Å². The Balaban J connectivity index is 2.24. The van der Waals surface area contributed by atoms with Gasteiger partial charge in [0, 0.05) is 0 Å². The lowest BCUT2D eigenvalue weighted by molar-refractivity contribution is 0.414. The summed E-state index contributed by atoms with van der Waals surface area (Å²) in [6, 6.07) is 0. The van der Waals surface area contributed by atoms with Gasteiger partial charge in [0.2, 0.25) is 0 Å². The molecular formula is C10H19. The summed E-state index contributed by atoms with van der Waals surface area (Å²) in [5.74, 6) is 0.931. The van der Waals surface area contributed by atoms with Crippen LogP contribution in [-0.2, 0) is 0 Å². The van der Waals surface area contributed by atoms with E-state index in [9.17, 15) is 0 Å². The molecule has 1 aliphatic rings. The quantitative estimate of drug-likeness (QED) is 0.522. The van der Waals surface area contributed by atoms with Crippen molar-refractivity contribution in [3.8, 4) is 0 Å². The largest absolute Gasteiger partial charge is 0.0599 e. The minimum atomic E-state index is 0.439. The van der Waals surface area contributed by atoms with Gasteiger partial charge in [0.05, 0.1) is 0 Å². The normalized spacial score (nSPS) is 21.9. The fourth-order valence-electron chi connectivity index (χ4n) is 1.83. The number of hydrogen-bond donors (Lipinski definition) is 0. The van der Waals surface area contributed by atoms with Crippen LogP contribution in [0, 0.1) is 17.8 Å². The van der Waals surface area contributed by atoms with E-state index >= 15 is 0 Å². The molecule has 1 saturated carbocycles. The molecule has 1 radical (unpaired) electrons. The van der Waals surface area contributed by atoms with Crippen molar-refractivity contribution in [2.24, 2.45) is 11.3 Å². The summed E-state index contributed by atoms with van der Waals surface area (Å²) in [6.07, 6.45) is 8.32. The Bertz CT molecular complexity index is 91.1. The van der Waals surface area contributed by atoms with Gasteiger partial charge in [-0.25, -0.2) is 0 Å². The molecule has 0 atom stereocenters. The SMILES string of the molecule is CC(C)(C)[CH]C1CCCC1. The van der Waals surface area contributed by atoms with Crippen molar-refractivity contribution in [3.63, 3.8) is 0 Å². The first-order valence-electron chi connectivity index (χ1n) is 4.44. The van der Waals surface area contributed by atoms with Gasteiger partial charge in [-0.05, 0) is 17.8 Å². The van der Waals surface area contributed by atoms with Crippen molar-refractivity contribution in [2.75, 3.05) is 0 Å². The Kier molecular flexibility index (Phi) is 2.38. The standard InChI is InChI=1S/C10H19/c1-10(2,3)8-9-6-4-5-7-9/h8-9H,4-7H2,1-3H3. The third-order valence-electron chi connectivity index (χ3n) is 2.14. The van der Waals surface area contributed by atoms with E-state index in [1.807, 2.05) is 0 Å². The van der Waals surface area contributed by atoms with Gasteiger partial charge in [0.15, 0.2) is 0 Å². The van der Waals surface area contributed by atoms with Gasteiger partial charge in [-0.1, -0.05) is 46.5 Å². The van der Waals surface area contributed by atoms with Gasteiger partial charge in [0.25, 0.3) is 0 Å². The van der Waals surface area contributed by atoms with Crippen molar-refractivity contribution in [1.29, 1.82) is 0 Å². The first-order chi connectivity index (χ1) is 4.58. The molecule has 10 heavy (non-hydrogen) atoms. The molecule has 0 unspecified atom stereocenters. The van der Waals surface area contributed by atoms with Gasteiger partial charge in [-0.2, -0.15) is 0 Å². The predicted molar refractivity (Wildman–Crippen MR) is 45.7 cm³/mol. The predicted octanol–water partition coefficient (Wildman–Crippen LogP) is 3.43. The molecule has 0 N–H and O–H groups in total. The van der Waals surface area contributed by atoms with E-state index in [-0.39, 0.29) is 0 Å². The zero-order chi connectivity index (χ0) is 7.61. The highest BCUT2D eigenvalue weighted by atomic mass is 14.3. The van der Waals surface area contributed by atoms with Crippen LogP contribution in [0.4, 0.5) is 0 Å². The summed E-state index contributed by atoms with van der Waals surface area (Å²) in [7, 11) is 0. The van der Waals surface area contributed by atoms with Crippen LogP contribution in [-0.4, -0.2) is 0 Å². The summed E-state index contributed by atoms with van der Waals surface area (Å²) in [5.41, 5.74) is 0.439. The summed E-state index contributed by atoms with van der Waals surface area (Å²) in [6.45, 7) is 6.89. The van der Waals surface area contributed by atoms with Crippen molar-refractivity contribution in [2.45, 2.75) is 46.5 Å². The number of hydrogen-bond acceptors (Lipinski definition) is 0. The molecule has 1 fully saturated rings. The Labute approximate surface area is 65.0 Å². The van der Waals surface area contributed by atoms with E-state index in [1.165, 1.54) is 25.7 Å². The lowest BCUT2D eigenvalue weighted by atomic mass is 9.84. The minimum absolute atomic E-state index is 0.439. The third kappa shape index (κ3) is 2.72. The van der Waals surface area contributed by atoms with E-state index in [1.54, 1.807) is 0 Å². The molecule has 0 bridgehead atoms. The Morgan fingerprint density at radius 3 is 2.00 bits per heavy atom. The Morgan fingerprint density at radius 1 is 1.10 bits per heavy atom. The molecule has 0 spiro atoms. The van der Waals surface area contributed by atoms with Crippen LogP contribution < -0.4 is 0 Å². The topological polar surface area (TPSA) is 0 Å². The van der Waals surface area contributed by atoms with Crippen molar-refractivity contribution < 1.29 is 0 Å². The third-order valence-corrected chi connectivity index (χ3v) is 2.14. The first-order valence-corrected chi connectivity index (χ1v) is 4.44. The average Bonchev–Trinajstić information content (AvgIpc) is 2.12. The first kappa shape index (κ1) is 8.10. The molecule has 0 nitrogen and oxygen atoms in total. The molecule has 59 valence electrons. The molecular weight excluding hydrogens is 120 g/mol. The second-order valence-corrected chi connectivity index (χ2v) is 4.58. The zero-order valence-electron chi connectivity index (χ0n) is 7.48. The summed E-state index contributed by atoms with van der Waals surface area (Å²) in [5, 5.41) is 0. The van der Waals surface area contributed by atoms with Crippen molar-refractivity contribution in [1.82, 2.24) is 0 Å². The zero-order valence-corrected chi connectivity index (χ0v) is 7.48. The van der Waals surface area contributed by atoms with Gasteiger partial charge in [-0.15, -0.1) is 0 Å². The smallest absolute Gasteiger partial charge is 0.0301 e. The maximum Gasteiger partial charge on any atom is -0.0301 e. The molecule has 0 aliphatic heterocycles. The molecule has 0 aromatic carbocycles. The van der Waals surface area contributed by atoms with Gasteiger partial charge >= 0.3 is 0 Å². The van der Waals surface area contributed by atoms with E-state index in [2.05, 4.69) is 27.2 Å². The Hall–Kier alpha value is 0. The molecule has 0 heteroatoms. The second-order valence-electron chi connectivity index (χ2n) is 4.58. The summed E-state index contributed by atoms with van der Waals surface area (Å²) in [4.78, 5) is 0. The summed E-state index contributed by atoms with van der Waals surface area (Å²) < 4.78 is 0. The molecule has 0 aromatic heterocycles. The fraction of sp³-hybridized carbons (Fsp3) is 0.900.